The average Bonchev–Trinajstić information content (AvgIpc) is 2.64. The SMILES string of the molecule is CCCc1ccc(C(=O)CN2CCCNC(=O)C2)cc1. The summed E-state index contributed by atoms with van der Waals surface area (Å²) in [4.78, 5) is 25.6. The van der Waals surface area contributed by atoms with Crippen molar-refractivity contribution in [1.29, 1.82) is 0 Å². The van der Waals surface area contributed by atoms with Crippen LogP contribution in [0.1, 0.15) is 35.7 Å². The minimum absolute atomic E-state index is 0.00796. The lowest BCUT2D eigenvalue weighted by Crippen LogP contribution is -2.36. The molecule has 0 spiro atoms. The fourth-order valence-corrected chi connectivity index (χ4v) is 2.44. The first-order chi connectivity index (χ1) is 9.69. The summed E-state index contributed by atoms with van der Waals surface area (Å²) in [5, 5.41) is 2.82. The van der Waals surface area contributed by atoms with Crippen molar-refractivity contribution in [1.82, 2.24) is 10.2 Å². The van der Waals surface area contributed by atoms with Gasteiger partial charge in [0.2, 0.25) is 5.91 Å². The predicted molar refractivity (Wildman–Crippen MR) is 78.8 cm³/mol. The fraction of sp³-hybridized carbons (Fsp3) is 0.500. The Labute approximate surface area is 120 Å². The molecule has 1 aliphatic heterocycles. The van der Waals surface area contributed by atoms with Crippen LogP contribution in [0.2, 0.25) is 0 Å². The molecule has 1 heterocycles. The largest absolute Gasteiger partial charge is 0.355 e. The van der Waals surface area contributed by atoms with Gasteiger partial charge < -0.3 is 5.32 Å². The topological polar surface area (TPSA) is 49.4 Å². The van der Waals surface area contributed by atoms with Crippen LogP contribution in [0.4, 0.5) is 0 Å². The highest BCUT2D eigenvalue weighted by molar-refractivity contribution is 5.97. The van der Waals surface area contributed by atoms with Crippen molar-refractivity contribution in [3.05, 3.63) is 35.4 Å². The van der Waals surface area contributed by atoms with Gasteiger partial charge in [0.15, 0.2) is 5.78 Å². The van der Waals surface area contributed by atoms with Crippen molar-refractivity contribution in [2.45, 2.75) is 26.2 Å². The van der Waals surface area contributed by atoms with Crippen LogP contribution < -0.4 is 5.32 Å². The first-order valence-electron chi connectivity index (χ1n) is 7.30. The fourth-order valence-electron chi connectivity index (χ4n) is 2.44. The van der Waals surface area contributed by atoms with Crippen LogP contribution >= 0.6 is 0 Å². The maximum absolute atomic E-state index is 12.2. The van der Waals surface area contributed by atoms with Gasteiger partial charge in [-0.1, -0.05) is 37.6 Å². The highest BCUT2D eigenvalue weighted by Crippen LogP contribution is 2.08. The number of Topliss-reactive ketones (excluding diaryl/α,β-unsaturated/α-hetero) is 1. The number of aryl methyl sites for hydroxylation is 1. The Hall–Kier alpha value is -1.68. The molecule has 0 aromatic heterocycles. The van der Waals surface area contributed by atoms with Crippen LogP contribution in [-0.2, 0) is 11.2 Å². The zero-order valence-corrected chi connectivity index (χ0v) is 12.0. The number of carbonyl (C=O) groups is 2. The predicted octanol–water partition coefficient (Wildman–Crippen LogP) is 1.64. The summed E-state index contributed by atoms with van der Waals surface area (Å²) in [6.07, 6.45) is 3.05. The second-order valence-electron chi connectivity index (χ2n) is 5.28. The van der Waals surface area contributed by atoms with E-state index in [0.717, 1.165) is 31.4 Å². The second kappa shape index (κ2) is 7.20. The number of hydrogen-bond donors (Lipinski definition) is 1. The normalized spacial score (nSPS) is 16.6. The lowest BCUT2D eigenvalue weighted by molar-refractivity contribution is -0.121. The third kappa shape index (κ3) is 4.17. The molecule has 1 N–H and O–H groups in total. The van der Waals surface area contributed by atoms with Crippen molar-refractivity contribution >= 4 is 11.7 Å². The molecule has 2 rings (SSSR count). The molecule has 0 bridgehead atoms. The first-order valence-corrected chi connectivity index (χ1v) is 7.30. The summed E-state index contributed by atoms with van der Waals surface area (Å²) >= 11 is 0. The number of benzene rings is 1. The van der Waals surface area contributed by atoms with Gasteiger partial charge in [-0.3, -0.25) is 14.5 Å². The van der Waals surface area contributed by atoms with E-state index in [9.17, 15) is 9.59 Å². The highest BCUT2D eigenvalue weighted by Gasteiger charge is 2.17. The van der Waals surface area contributed by atoms with Crippen LogP contribution in [-0.4, -0.2) is 42.8 Å². The number of amides is 1. The molecule has 1 saturated heterocycles. The summed E-state index contributed by atoms with van der Waals surface area (Å²) in [5.74, 6) is 0.0938. The van der Waals surface area contributed by atoms with Crippen molar-refractivity contribution in [3.8, 4) is 0 Å². The molecule has 1 aromatic rings. The van der Waals surface area contributed by atoms with Gasteiger partial charge in [0.1, 0.15) is 0 Å². The lowest BCUT2D eigenvalue weighted by Gasteiger charge is -2.17. The van der Waals surface area contributed by atoms with Gasteiger partial charge in [-0.2, -0.15) is 0 Å². The molecule has 0 aliphatic carbocycles. The maximum atomic E-state index is 12.2. The van der Waals surface area contributed by atoms with Crippen molar-refractivity contribution < 1.29 is 9.59 Å². The van der Waals surface area contributed by atoms with E-state index >= 15 is 0 Å². The molecule has 0 radical (unpaired) electrons. The zero-order valence-electron chi connectivity index (χ0n) is 12.0. The molecule has 1 fully saturated rings. The smallest absolute Gasteiger partial charge is 0.234 e. The summed E-state index contributed by atoms with van der Waals surface area (Å²) in [6.45, 7) is 4.28. The zero-order chi connectivity index (χ0) is 14.4. The molecule has 0 atom stereocenters. The number of carbonyl (C=O) groups excluding carboxylic acids is 2. The molecule has 0 saturated carbocycles. The van der Waals surface area contributed by atoms with Crippen molar-refractivity contribution in [2.24, 2.45) is 0 Å². The third-order valence-electron chi connectivity index (χ3n) is 3.52. The number of rotatable bonds is 5. The molecular weight excluding hydrogens is 252 g/mol. The van der Waals surface area contributed by atoms with Crippen molar-refractivity contribution in [3.63, 3.8) is 0 Å². The molecule has 108 valence electrons. The van der Waals surface area contributed by atoms with Crippen molar-refractivity contribution in [2.75, 3.05) is 26.2 Å². The van der Waals surface area contributed by atoms with Gasteiger partial charge in [-0.15, -0.1) is 0 Å². The Bertz CT molecular complexity index is 468. The van der Waals surface area contributed by atoms with Gasteiger partial charge in [-0.25, -0.2) is 0 Å². The lowest BCUT2D eigenvalue weighted by atomic mass is 10.1. The highest BCUT2D eigenvalue weighted by atomic mass is 16.2. The molecule has 0 unspecified atom stereocenters. The van der Waals surface area contributed by atoms with Crippen LogP contribution in [0.15, 0.2) is 24.3 Å². The molecule has 4 nitrogen and oxygen atoms in total. The number of nitrogens with zero attached hydrogens (tertiary/aromatic N) is 1. The van der Waals surface area contributed by atoms with Gasteiger partial charge >= 0.3 is 0 Å². The van der Waals surface area contributed by atoms with Gasteiger partial charge in [0.25, 0.3) is 0 Å². The molecular formula is C16H22N2O2. The van der Waals surface area contributed by atoms with Gasteiger partial charge in [0, 0.05) is 18.7 Å². The Morgan fingerprint density at radius 1 is 1.30 bits per heavy atom. The monoisotopic (exact) mass is 274 g/mol. The Kier molecular flexibility index (Phi) is 5.30. The van der Waals surface area contributed by atoms with E-state index in [1.165, 1.54) is 5.56 Å². The maximum Gasteiger partial charge on any atom is 0.234 e. The number of nitrogens with one attached hydrogen (secondary N) is 1. The molecule has 1 amide bonds. The standard InChI is InChI=1S/C16H22N2O2/c1-2-4-13-5-7-14(8-6-13)15(19)11-18-10-3-9-17-16(20)12-18/h5-8H,2-4,9-12H2,1H3,(H,17,20). The molecule has 20 heavy (non-hydrogen) atoms. The van der Waals surface area contributed by atoms with Crippen LogP contribution in [0.3, 0.4) is 0 Å². The number of hydrogen-bond acceptors (Lipinski definition) is 3. The Morgan fingerprint density at radius 2 is 2.05 bits per heavy atom. The van der Waals surface area contributed by atoms with E-state index in [-0.39, 0.29) is 11.7 Å². The van der Waals surface area contributed by atoms with E-state index in [2.05, 4.69) is 12.2 Å². The third-order valence-corrected chi connectivity index (χ3v) is 3.52. The van der Waals surface area contributed by atoms with Gasteiger partial charge in [0.05, 0.1) is 13.1 Å². The summed E-state index contributed by atoms with van der Waals surface area (Å²) < 4.78 is 0. The minimum atomic E-state index is 0.00796. The number of ketones is 1. The van der Waals surface area contributed by atoms with Crippen LogP contribution in [0, 0.1) is 0 Å². The average molecular weight is 274 g/mol. The summed E-state index contributed by atoms with van der Waals surface area (Å²) in [6, 6.07) is 7.83. The van der Waals surface area contributed by atoms with E-state index in [1.807, 2.05) is 29.2 Å². The van der Waals surface area contributed by atoms with Gasteiger partial charge in [-0.05, 0) is 18.4 Å². The van der Waals surface area contributed by atoms with E-state index in [0.29, 0.717) is 19.6 Å². The Morgan fingerprint density at radius 3 is 2.75 bits per heavy atom. The first kappa shape index (κ1) is 14.7. The Balaban J connectivity index is 1.94. The van der Waals surface area contributed by atoms with E-state index in [4.69, 9.17) is 0 Å². The van der Waals surface area contributed by atoms with E-state index in [1.54, 1.807) is 0 Å². The van der Waals surface area contributed by atoms with Crippen LogP contribution in [0.5, 0.6) is 0 Å². The summed E-state index contributed by atoms with van der Waals surface area (Å²) in [7, 11) is 0. The quantitative estimate of drug-likeness (QED) is 0.831. The minimum Gasteiger partial charge on any atom is -0.355 e. The summed E-state index contributed by atoms with van der Waals surface area (Å²) in [5.41, 5.74) is 1.99. The molecule has 1 aliphatic rings. The second-order valence-corrected chi connectivity index (χ2v) is 5.28. The molecule has 1 aromatic carbocycles. The van der Waals surface area contributed by atoms with Crippen LogP contribution in [0.25, 0.3) is 0 Å². The molecule has 4 heteroatoms. The van der Waals surface area contributed by atoms with E-state index < -0.39 is 0 Å².